The third kappa shape index (κ3) is 3.60. The smallest absolute Gasteiger partial charge is 0.231 e. The first kappa shape index (κ1) is 12.1. The molecule has 1 heterocycles. The van der Waals surface area contributed by atoms with Crippen LogP contribution in [0.4, 0.5) is 0 Å². The van der Waals surface area contributed by atoms with Crippen LogP contribution in [0.5, 0.6) is 0 Å². The monoisotopic (exact) mass is 213 g/mol. The second kappa shape index (κ2) is 6.53. The molecule has 1 aromatic rings. The maximum atomic E-state index is 5.59. The van der Waals surface area contributed by atoms with Crippen LogP contribution in [0.1, 0.15) is 44.3 Å². The fourth-order valence-electron chi connectivity index (χ4n) is 1.24. The number of hydrogen-bond acceptors (Lipinski definition) is 5. The molecule has 0 fully saturated rings. The van der Waals surface area contributed by atoms with Gasteiger partial charge in [0.05, 0.1) is 5.92 Å². The predicted molar refractivity (Wildman–Crippen MR) is 56.3 cm³/mol. The number of hydrogen-bond donors (Lipinski definition) is 1. The van der Waals surface area contributed by atoms with E-state index in [-0.39, 0.29) is 5.92 Å². The Hall–Kier alpha value is -0.940. The van der Waals surface area contributed by atoms with Crippen LogP contribution in [0.2, 0.25) is 0 Å². The molecule has 5 heteroatoms. The number of aromatic nitrogens is 2. The lowest BCUT2D eigenvalue weighted by atomic mass is 10.1. The van der Waals surface area contributed by atoms with Crippen LogP contribution in [0, 0.1) is 0 Å². The zero-order valence-electron chi connectivity index (χ0n) is 9.40. The van der Waals surface area contributed by atoms with Crippen molar-refractivity contribution in [3.05, 3.63) is 11.7 Å². The second-order valence-corrected chi connectivity index (χ2v) is 3.44. The summed E-state index contributed by atoms with van der Waals surface area (Å²) in [6.45, 7) is 5.78. The molecule has 5 nitrogen and oxygen atoms in total. The summed E-state index contributed by atoms with van der Waals surface area (Å²) in [4.78, 5) is 4.24. The topological polar surface area (TPSA) is 74.2 Å². The normalized spacial score (nSPS) is 13.0. The molecule has 0 saturated heterocycles. The van der Waals surface area contributed by atoms with Crippen molar-refractivity contribution in [1.29, 1.82) is 0 Å². The minimum Gasteiger partial charge on any atom is -0.373 e. The number of rotatable bonds is 7. The molecule has 0 aliphatic carbocycles. The Morgan fingerprint density at radius 3 is 2.87 bits per heavy atom. The van der Waals surface area contributed by atoms with Gasteiger partial charge in [0, 0.05) is 13.2 Å². The zero-order valence-corrected chi connectivity index (χ0v) is 9.40. The van der Waals surface area contributed by atoms with Gasteiger partial charge in [-0.1, -0.05) is 19.0 Å². The Bertz CT molecular complexity index is 271. The van der Waals surface area contributed by atoms with Gasteiger partial charge in [-0.2, -0.15) is 4.98 Å². The Labute approximate surface area is 90.0 Å². The third-order valence-corrected chi connectivity index (χ3v) is 2.19. The molecule has 1 unspecified atom stereocenters. The van der Waals surface area contributed by atoms with E-state index >= 15 is 0 Å². The molecular formula is C10H19N3O2. The van der Waals surface area contributed by atoms with Crippen LogP contribution in [-0.2, 0) is 11.3 Å². The van der Waals surface area contributed by atoms with E-state index in [0.717, 1.165) is 19.4 Å². The molecule has 0 saturated carbocycles. The molecule has 0 aliphatic heterocycles. The molecule has 0 aromatic carbocycles. The van der Waals surface area contributed by atoms with Gasteiger partial charge in [0.2, 0.25) is 5.89 Å². The SMILES string of the molecule is CCCOCc1noc(C(CC)CN)n1. The quantitative estimate of drug-likeness (QED) is 0.694. The van der Waals surface area contributed by atoms with Crippen molar-refractivity contribution in [3.63, 3.8) is 0 Å². The first-order valence-electron chi connectivity index (χ1n) is 5.42. The van der Waals surface area contributed by atoms with Gasteiger partial charge in [-0.15, -0.1) is 0 Å². The summed E-state index contributed by atoms with van der Waals surface area (Å²) in [5.41, 5.74) is 5.59. The molecule has 0 radical (unpaired) electrons. The van der Waals surface area contributed by atoms with Gasteiger partial charge in [-0.05, 0) is 12.8 Å². The Morgan fingerprint density at radius 2 is 2.27 bits per heavy atom. The van der Waals surface area contributed by atoms with Crippen molar-refractivity contribution < 1.29 is 9.26 Å². The summed E-state index contributed by atoms with van der Waals surface area (Å²) in [5.74, 6) is 1.39. The van der Waals surface area contributed by atoms with Crippen LogP contribution in [0.25, 0.3) is 0 Å². The van der Waals surface area contributed by atoms with E-state index in [0.29, 0.717) is 24.9 Å². The van der Waals surface area contributed by atoms with Crippen molar-refractivity contribution in [1.82, 2.24) is 10.1 Å². The van der Waals surface area contributed by atoms with Gasteiger partial charge < -0.3 is 15.0 Å². The maximum Gasteiger partial charge on any atom is 0.231 e. The van der Waals surface area contributed by atoms with E-state index < -0.39 is 0 Å². The number of ether oxygens (including phenoxy) is 1. The summed E-state index contributed by atoms with van der Waals surface area (Å²) in [6.07, 6.45) is 1.90. The highest BCUT2D eigenvalue weighted by molar-refractivity contribution is 4.93. The molecule has 0 amide bonds. The van der Waals surface area contributed by atoms with Crippen molar-refractivity contribution >= 4 is 0 Å². The highest BCUT2D eigenvalue weighted by atomic mass is 16.5. The molecule has 0 bridgehead atoms. The minimum atomic E-state index is 0.164. The van der Waals surface area contributed by atoms with Crippen molar-refractivity contribution in [2.45, 2.75) is 39.2 Å². The van der Waals surface area contributed by atoms with E-state index in [9.17, 15) is 0 Å². The summed E-state index contributed by atoms with van der Waals surface area (Å²) in [6, 6.07) is 0. The first-order valence-corrected chi connectivity index (χ1v) is 5.42. The third-order valence-electron chi connectivity index (χ3n) is 2.19. The highest BCUT2D eigenvalue weighted by Crippen LogP contribution is 2.15. The standard InChI is InChI=1S/C10H19N3O2/c1-3-5-14-7-9-12-10(15-13-9)8(4-2)6-11/h8H,3-7,11H2,1-2H3. The van der Waals surface area contributed by atoms with Crippen molar-refractivity contribution in [3.8, 4) is 0 Å². The fraction of sp³-hybridized carbons (Fsp3) is 0.800. The Balaban J connectivity index is 2.47. The van der Waals surface area contributed by atoms with Gasteiger partial charge in [0.15, 0.2) is 5.82 Å². The Kier molecular flexibility index (Phi) is 5.28. The van der Waals surface area contributed by atoms with E-state index in [1.807, 2.05) is 0 Å². The molecule has 86 valence electrons. The minimum absolute atomic E-state index is 0.164. The fourth-order valence-corrected chi connectivity index (χ4v) is 1.24. The molecule has 0 aliphatic rings. The predicted octanol–water partition coefficient (Wildman–Crippen LogP) is 1.45. The summed E-state index contributed by atoms with van der Waals surface area (Å²) < 4.78 is 10.4. The summed E-state index contributed by atoms with van der Waals surface area (Å²) >= 11 is 0. The van der Waals surface area contributed by atoms with Gasteiger partial charge in [-0.25, -0.2) is 0 Å². The van der Waals surface area contributed by atoms with E-state index in [2.05, 4.69) is 24.0 Å². The van der Waals surface area contributed by atoms with E-state index in [1.54, 1.807) is 0 Å². The lowest BCUT2D eigenvalue weighted by Gasteiger charge is -2.04. The van der Waals surface area contributed by atoms with Crippen LogP contribution in [0.3, 0.4) is 0 Å². The molecule has 1 aromatic heterocycles. The maximum absolute atomic E-state index is 5.59. The van der Waals surface area contributed by atoms with Gasteiger partial charge in [0.1, 0.15) is 6.61 Å². The second-order valence-electron chi connectivity index (χ2n) is 3.44. The van der Waals surface area contributed by atoms with Crippen molar-refractivity contribution in [2.75, 3.05) is 13.2 Å². The lowest BCUT2D eigenvalue weighted by molar-refractivity contribution is 0.114. The van der Waals surface area contributed by atoms with E-state index in [1.165, 1.54) is 0 Å². The van der Waals surface area contributed by atoms with Gasteiger partial charge in [0.25, 0.3) is 0 Å². The molecule has 15 heavy (non-hydrogen) atoms. The largest absolute Gasteiger partial charge is 0.373 e. The van der Waals surface area contributed by atoms with Gasteiger partial charge in [-0.3, -0.25) is 0 Å². The average Bonchev–Trinajstić information content (AvgIpc) is 2.69. The highest BCUT2D eigenvalue weighted by Gasteiger charge is 2.15. The molecule has 1 atom stereocenters. The molecule has 2 N–H and O–H groups in total. The van der Waals surface area contributed by atoms with Crippen LogP contribution < -0.4 is 5.73 Å². The number of nitrogens with two attached hydrogens (primary N) is 1. The summed E-state index contributed by atoms with van der Waals surface area (Å²) in [7, 11) is 0. The molecule has 0 spiro atoms. The van der Waals surface area contributed by atoms with Crippen LogP contribution in [0.15, 0.2) is 4.52 Å². The van der Waals surface area contributed by atoms with Gasteiger partial charge >= 0.3 is 0 Å². The van der Waals surface area contributed by atoms with Crippen molar-refractivity contribution in [2.24, 2.45) is 5.73 Å². The molecule has 1 rings (SSSR count). The first-order chi connectivity index (χ1) is 7.31. The van der Waals surface area contributed by atoms with Crippen LogP contribution >= 0.6 is 0 Å². The lowest BCUT2D eigenvalue weighted by Crippen LogP contribution is -2.11. The van der Waals surface area contributed by atoms with E-state index in [4.69, 9.17) is 15.0 Å². The number of nitrogens with zero attached hydrogens (tertiary/aromatic N) is 2. The molecular weight excluding hydrogens is 194 g/mol. The van der Waals surface area contributed by atoms with Crippen LogP contribution in [-0.4, -0.2) is 23.3 Å². The summed E-state index contributed by atoms with van der Waals surface area (Å²) in [5, 5.41) is 3.84. The Morgan fingerprint density at radius 1 is 1.47 bits per heavy atom. The zero-order chi connectivity index (χ0) is 11.1. The average molecular weight is 213 g/mol.